The molecule has 5 aromatic rings. The highest BCUT2D eigenvalue weighted by Crippen LogP contribution is 2.39. The lowest BCUT2D eigenvalue weighted by molar-refractivity contribution is 0.355. The minimum absolute atomic E-state index is 0.653. The minimum Gasteiger partial charge on any atom is -0.493 e. The molecule has 0 spiro atoms. The summed E-state index contributed by atoms with van der Waals surface area (Å²) in [4.78, 5) is 9.48. The molecule has 0 aliphatic heterocycles. The normalized spacial score (nSPS) is 11.3. The van der Waals surface area contributed by atoms with Crippen molar-refractivity contribution in [3.05, 3.63) is 96.3 Å². The summed E-state index contributed by atoms with van der Waals surface area (Å²) in [7, 11) is 3.26. The van der Waals surface area contributed by atoms with E-state index >= 15 is 0 Å². The molecule has 0 saturated carbocycles. The number of hydrogen-bond acceptors (Lipinski definition) is 5. The number of rotatable bonds is 6. The number of aryl methyl sites for hydroxylation is 1. The second-order valence-corrected chi connectivity index (χ2v) is 7.82. The van der Waals surface area contributed by atoms with Crippen molar-refractivity contribution >= 4 is 22.9 Å². The molecule has 0 radical (unpaired) electrons. The molecule has 0 atom stereocenters. The van der Waals surface area contributed by atoms with Crippen LogP contribution in [0.1, 0.15) is 11.3 Å². The molecule has 0 aliphatic rings. The number of pyridine rings is 1. The number of ether oxygens (including phenoxy) is 2. The van der Waals surface area contributed by atoms with E-state index in [1.807, 2.05) is 96.8 Å². The molecule has 34 heavy (non-hydrogen) atoms. The summed E-state index contributed by atoms with van der Waals surface area (Å²) in [5.41, 5.74) is 5.53. The van der Waals surface area contributed by atoms with Gasteiger partial charge in [0.05, 0.1) is 31.1 Å². The molecule has 0 aliphatic carbocycles. The van der Waals surface area contributed by atoms with Crippen LogP contribution in [0.2, 0.25) is 0 Å². The van der Waals surface area contributed by atoms with Gasteiger partial charge in [-0.3, -0.25) is 4.98 Å². The predicted molar refractivity (Wildman–Crippen MR) is 136 cm³/mol. The summed E-state index contributed by atoms with van der Waals surface area (Å²) in [6, 6.07) is 26.0. The monoisotopic (exact) mass is 448 g/mol. The minimum atomic E-state index is 0.653. The van der Waals surface area contributed by atoms with Gasteiger partial charge in [0.15, 0.2) is 17.3 Å². The molecule has 6 heteroatoms. The van der Waals surface area contributed by atoms with Crippen LogP contribution in [0.4, 0.5) is 5.82 Å². The summed E-state index contributed by atoms with van der Waals surface area (Å²) < 4.78 is 12.8. The van der Waals surface area contributed by atoms with Crippen LogP contribution in [0.5, 0.6) is 11.5 Å². The number of nitrogens with zero attached hydrogens (tertiary/aromatic N) is 4. The zero-order valence-electron chi connectivity index (χ0n) is 19.3. The Morgan fingerprint density at radius 2 is 1.62 bits per heavy atom. The molecule has 2 heterocycles. The molecule has 0 fully saturated rings. The second-order valence-electron chi connectivity index (χ2n) is 7.82. The number of benzene rings is 3. The number of aliphatic imine (C=N–C) groups is 1. The summed E-state index contributed by atoms with van der Waals surface area (Å²) in [6.07, 6.45) is 3.66. The Balaban J connectivity index is 1.66. The maximum atomic E-state index is 5.54. The van der Waals surface area contributed by atoms with Crippen LogP contribution in [0, 0.1) is 6.92 Å². The summed E-state index contributed by atoms with van der Waals surface area (Å²) in [5.74, 6) is 2.05. The maximum absolute atomic E-state index is 5.54. The van der Waals surface area contributed by atoms with E-state index < -0.39 is 0 Å². The first-order chi connectivity index (χ1) is 16.7. The first-order valence-corrected chi connectivity index (χ1v) is 10.9. The van der Waals surface area contributed by atoms with Crippen molar-refractivity contribution in [2.45, 2.75) is 6.92 Å². The van der Waals surface area contributed by atoms with Gasteiger partial charge in [0, 0.05) is 28.9 Å². The van der Waals surface area contributed by atoms with Crippen LogP contribution in [-0.4, -0.2) is 35.2 Å². The number of hydrogen-bond donors (Lipinski definition) is 0. The van der Waals surface area contributed by atoms with E-state index in [2.05, 4.69) is 11.1 Å². The van der Waals surface area contributed by atoms with E-state index in [0.29, 0.717) is 11.5 Å². The molecule has 0 saturated heterocycles. The first kappa shape index (κ1) is 21.4. The molecule has 168 valence electrons. The summed E-state index contributed by atoms with van der Waals surface area (Å²) in [5, 5.41) is 5.90. The van der Waals surface area contributed by atoms with Crippen LogP contribution in [0.25, 0.3) is 27.7 Å². The number of methoxy groups -OCH3 is 2. The zero-order chi connectivity index (χ0) is 23.5. The number of aromatic nitrogens is 3. The van der Waals surface area contributed by atoms with E-state index in [1.54, 1.807) is 14.2 Å². The van der Waals surface area contributed by atoms with Crippen LogP contribution in [-0.2, 0) is 0 Å². The second kappa shape index (κ2) is 9.19. The standard InChI is InChI=1S/C28H24N4O2/c1-19-27(22-13-14-25(33-2)26(16-22)34-3)28(32(31-19)23-10-5-4-6-11-23)30-18-20-15-21-9-7-8-12-24(21)29-17-20/h4-18H,1-3H3/b30-18+. The highest BCUT2D eigenvalue weighted by Gasteiger charge is 2.19. The number of para-hydroxylation sites is 2. The largest absolute Gasteiger partial charge is 0.493 e. The van der Waals surface area contributed by atoms with Crippen molar-refractivity contribution < 1.29 is 9.47 Å². The van der Waals surface area contributed by atoms with Crippen LogP contribution in [0.3, 0.4) is 0 Å². The van der Waals surface area contributed by atoms with Gasteiger partial charge in [-0.2, -0.15) is 5.10 Å². The van der Waals surface area contributed by atoms with Crippen molar-refractivity contribution in [1.29, 1.82) is 0 Å². The molecule has 6 nitrogen and oxygen atoms in total. The zero-order valence-corrected chi connectivity index (χ0v) is 19.3. The van der Waals surface area contributed by atoms with Crippen molar-refractivity contribution in [3.63, 3.8) is 0 Å². The Kier molecular flexibility index (Phi) is 5.79. The van der Waals surface area contributed by atoms with E-state index in [0.717, 1.165) is 44.8 Å². The Hall–Kier alpha value is -4.45. The van der Waals surface area contributed by atoms with E-state index in [-0.39, 0.29) is 0 Å². The third-order valence-corrected chi connectivity index (χ3v) is 5.66. The quantitative estimate of drug-likeness (QED) is 0.292. The van der Waals surface area contributed by atoms with Gasteiger partial charge < -0.3 is 9.47 Å². The Bertz CT molecular complexity index is 1490. The van der Waals surface area contributed by atoms with Crippen molar-refractivity contribution in [3.8, 4) is 28.3 Å². The van der Waals surface area contributed by atoms with E-state index in [4.69, 9.17) is 19.6 Å². The average Bonchev–Trinajstić information content (AvgIpc) is 3.23. The van der Waals surface area contributed by atoms with Gasteiger partial charge in [0.25, 0.3) is 0 Å². The molecule has 0 unspecified atom stereocenters. The van der Waals surface area contributed by atoms with Crippen molar-refractivity contribution in [2.24, 2.45) is 4.99 Å². The van der Waals surface area contributed by atoms with Gasteiger partial charge in [-0.15, -0.1) is 0 Å². The van der Waals surface area contributed by atoms with Crippen molar-refractivity contribution in [1.82, 2.24) is 14.8 Å². The summed E-state index contributed by atoms with van der Waals surface area (Å²) >= 11 is 0. The van der Waals surface area contributed by atoms with Gasteiger partial charge in [0.1, 0.15) is 0 Å². The Morgan fingerprint density at radius 3 is 2.41 bits per heavy atom. The molecular formula is C28H24N4O2. The molecule has 0 bridgehead atoms. The topological polar surface area (TPSA) is 61.5 Å². The van der Waals surface area contributed by atoms with Crippen LogP contribution >= 0.6 is 0 Å². The van der Waals surface area contributed by atoms with Crippen LogP contribution in [0.15, 0.2) is 90.1 Å². The average molecular weight is 449 g/mol. The Morgan fingerprint density at radius 1 is 0.853 bits per heavy atom. The first-order valence-electron chi connectivity index (χ1n) is 10.9. The molecule has 2 aromatic heterocycles. The van der Waals surface area contributed by atoms with Gasteiger partial charge >= 0.3 is 0 Å². The maximum Gasteiger partial charge on any atom is 0.163 e. The highest BCUT2D eigenvalue weighted by molar-refractivity contribution is 5.90. The van der Waals surface area contributed by atoms with Crippen LogP contribution < -0.4 is 9.47 Å². The summed E-state index contributed by atoms with van der Waals surface area (Å²) in [6.45, 7) is 1.99. The predicted octanol–water partition coefficient (Wildman–Crippen LogP) is 6.16. The van der Waals surface area contributed by atoms with Gasteiger partial charge in [0.2, 0.25) is 0 Å². The molecule has 3 aromatic carbocycles. The SMILES string of the molecule is COc1ccc(-c2c(C)nn(-c3ccccc3)c2/N=C/c2cnc3ccccc3c2)cc1OC. The lowest BCUT2D eigenvalue weighted by Gasteiger charge is -2.10. The molecule has 0 amide bonds. The molecule has 0 N–H and O–H groups in total. The van der Waals surface area contributed by atoms with Crippen molar-refractivity contribution in [2.75, 3.05) is 14.2 Å². The smallest absolute Gasteiger partial charge is 0.163 e. The van der Waals surface area contributed by atoms with Gasteiger partial charge in [-0.1, -0.05) is 42.5 Å². The lowest BCUT2D eigenvalue weighted by Crippen LogP contribution is -1.96. The fourth-order valence-electron chi connectivity index (χ4n) is 4.01. The third kappa shape index (κ3) is 4.01. The van der Waals surface area contributed by atoms with Gasteiger partial charge in [-0.25, -0.2) is 9.67 Å². The van der Waals surface area contributed by atoms with E-state index in [9.17, 15) is 0 Å². The molecule has 5 rings (SSSR count). The lowest BCUT2D eigenvalue weighted by atomic mass is 10.0. The fourth-order valence-corrected chi connectivity index (χ4v) is 4.01. The van der Waals surface area contributed by atoms with E-state index in [1.165, 1.54) is 0 Å². The highest BCUT2D eigenvalue weighted by atomic mass is 16.5. The Labute approximate surface area is 198 Å². The third-order valence-electron chi connectivity index (χ3n) is 5.66. The van der Waals surface area contributed by atoms with Gasteiger partial charge in [-0.05, 0) is 48.9 Å². The molecular weight excluding hydrogens is 424 g/mol. The fraction of sp³-hybridized carbons (Fsp3) is 0.107. The number of fused-ring (bicyclic) bond motifs is 1.